The SMILES string of the molecule is Cc1nn(C2CCS(=O)(=O)C2)c(Cl)c1C=CC(=O)OCC(=O)N(C)C. The van der Waals surface area contributed by atoms with Gasteiger partial charge < -0.3 is 9.64 Å². The third-order valence-corrected chi connectivity index (χ3v) is 5.98. The van der Waals surface area contributed by atoms with E-state index in [0.29, 0.717) is 17.7 Å². The topological polar surface area (TPSA) is 98.6 Å². The molecule has 0 saturated carbocycles. The van der Waals surface area contributed by atoms with Crippen molar-refractivity contribution in [3.8, 4) is 0 Å². The van der Waals surface area contributed by atoms with Gasteiger partial charge in [0.15, 0.2) is 16.4 Å². The summed E-state index contributed by atoms with van der Waals surface area (Å²) in [4.78, 5) is 24.4. The Morgan fingerprint density at radius 3 is 2.68 bits per heavy atom. The smallest absolute Gasteiger partial charge is 0.331 e. The zero-order valence-corrected chi connectivity index (χ0v) is 15.8. The maximum absolute atomic E-state index is 11.7. The number of carbonyl (C=O) groups excluding carboxylic acids is 2. The van der Waals surface area contributed by atoms with E-state index in [9.17, 15) is 18.0 Å². The molecule has 138 valence electrons. The molecule has 0 spiro atoms. The largest absolute Gasteiger partial charge is 0.452 e. The Bertz CT molecular complexity index is 813. The van der Waals surface area contributed by atoms with Crippen LogP contribution >= 0.6 is 11.6 Å². The molecular weight excluding hydrogens is 370 g/mol. The van der Waals surface area contributed by atoms with Crippen molar-refractivity contribution < 1.29 is 22.7 Å². The molecule has 0 aliphatic carbocycles. The number of esters is 1. The van der Waals surface area contributed by atoms with E-state index in [1.165, 1.54) is 15.7 Å². The first kappa shape index (κ1) is 19.5. The number of sulfone groups is 1. The molecule has 0 radical (unpaired) electrons. The van der Waals surface area contributed by atoms with E-state index in [0.717, 1.165) is 6.08 Å². The molecular formula is C15H20ClN3O5S. The van der Waals surface area contributed by atoms with Crippen LogP contribution in [0.3, 0.4) is 0 Å². The monoisotopic (exact) mass is 389 g/mol. The van der Waals surface area contributed by atoms with Gasteiger partial charge in [-0.1, -0.05) is 11.6 Å². The summed E-state index contributed by atoms with van der Waals surface area (Å²) in [5.74, 6) is -0.885. The molecule has 1 aliphatic rings. The molecule has 1 aromatic heterocycles. The summed E-state index contributed by atoms with van der Waals surface area (Å²) < 4.78 is 29.6. The van der Waals surface area contributed by atoms with Gasteiger partial charge in [-0.25, -0.2) is 17.9 Å². The van der Waals surface area contributed by atoms with Crippen LogP contribution in [-0.4, -0.2) is 67.2 Å². The number of hydrogen-bond donors (Lipinski definition) is 0. The molecule has 2 rings (SSSR count). The van der Waals surface area contributed by atoms with Crippen molar-refractivity contribution in [1.29, 1.82) is 0 Å². The minimum absolute atomic E-state index is 0.00564. The molecule has 25 heavy (non-hydrogen) atoms. The van der Waals surface area contributed by atoms with E-state index in [1.54, 1.807) is 21.0 Å². The van der Waals surface area contributed by atoms with E-state index in [4.69, 9.17) is 16.3 Å². The minimum Gasteiger partial charge on any atom is -0.452 e. The van der Waals surface area contributed by atoms with Crippen LogP contribution < -0.4 is 0 Å². The number of aryl methyl sites for hydroxylation is 1. The quantitative estimate of drug-likeness (QED) is 0.547. The lowest BCUT2D eigenvalue weighted by Crippen LogP contribution is -2.27. The molecule has 1 aromatic rings. The first-order valence-corrected chi connectivity index (χ1v) is 9.80. The molecule has 2 heterocycles. The Morgan fingerprint density at radius 2 is 2.12 bits per heavy atom. The summed E-state index contributed by atoms with van der Waals surface area (Å²) >= 11 is 6.30. The Balaban J connectivity index is 2.08. The molecule has 0 bridgehead atoms. The second-order valence-corrected chi connectivity index (χ2v) is 8.61. The van der Waals surface area contributed by atoms with Gasteiger partial charge in [0.25, 0.3) is 5.91 Å². The molecule has 10 heteroatoms. The molecule has 1 aliphatic heterocycles. The lowest BCUT2D eigenvalue weighted by molar-refractivity contribution is -0.146. The van der Waals surface area contributed by atoms with Crippen molar-refractivity contribution >= 4 is 39.4 Å². The molecule has 8 nitrogen and oxygen atoms in total. The number of halogens is 1. The number of nitrogens with zero attached hydrogens (tertiary/aromatic N) is 3. The van der Waals surface area contributed by atoms with Crippen LogP contribution in [0.1, 0.15) is 23.7 Å². The predicted octanol–water partition coefficient (Wildman–Crippen LogP) is 0.849. The van der Waals surface area contributed by atoms with Crippen molar-refractivity contribution in [2.75, 3.05) is 32.2 Å². The lowest BCUT2D eigenvalue weighted by atomic mass is 10.2. The van der Waals surface area contributed by atoms with Gasteiger partial charge in [-0.3, -0.25) is 4.79 Å². The lowest BCUT2D eigenvalue weighted by Gasteiger charge is -2.09. The van der Waals surface area contributed by atoms with Crippen molar-refractivity contribution in [2.24, 2.45) is 0 Å². The van der Waals surface area contributed by atoms with Crippen molar-refractivity contribution in [2.45, 2.75) is 19.4 Å². The summed E-state index contributed by atoms with van der Waals surface area (Å²) in [6.45, 7) is 1.37. The number of rotatable bonds is 5. The molecule has 0 aromatic carbocycles. The summed E-state index contributed by atoms with van der Waals surface area (Å²) in [7, 11) is 0.0647. The van der Waals surface area contributed by atoms with Crippen LogP contribution in [0.2, 0.25) is 5.15 Å². The Labute approximate surface area is 151 Å². The van der Waals surface area contributed by atoms with Gasteiger partial charge in [0, 0.05) is 25.7 Å². The average molecular weight is 390 g/mol. The van der Waals surface area contributed by atoms with Crippen LogP contribution in [0.15, 0.2) is 6.08 Å². The van der Waals surface area contributed by atoms with Gasteiger partial charge in [0.05, 0.1) is 23.2 Å². The fourth-order valence-corrected chi connectivity index (χ4v) is 4.46. The van der Waals surface area contributed by atoms with E-state index >= 15 is 0 Å². The minimum atomic E-state index is -3.06. The number of ether oxygens (including phenoxy) is 1. The van der Waals surface area contributed by atoms with Gasteiger partial charge in [0.2, 0.25) is 0 Å². The van der Waals surface area contributed by atoms with Gasteiger partial charge in [0.1, 0.15) is 5.15 Å². The van der Waals surface area contributed by atoms with E-state index in [2.05, 4.69) is 5.10 Å². The highest BCUT2D eigenvalue weighted by molar-refractivity contribution is 7.91. The Morgan fingerprint density at radius 1 is 1.44 bits per heavy atom. The zero-order valence-electron chi connectivity index (χ0n) is 14.2. The average Bonchev–Trinajstić information content (AvgIpc) is 3.02. The normalized spacial score (nSPS) is 19.3. The van der Waals surface area contributed by atoms with Crippen LogP contribution in [0.5, 0.6) is 0 Å². The maximum atomic E-state index is 11.7. The molecule has 1 fully saturated rings. The summed E-state index contributed by atoms with van der Waals surface area (Å²) in [6, 6.07) is -0.303. The first-order valence-electron chi connectivity index (χ1n) is 7.60. The fourth-order valence-electron chi connectivity index (χ4n) is 2.39. The maximum Gasteiger partial charge on any atom is 0.331 e. The molecule has 1 amide bonds. The number of likely N-dealkylation sites (N-methyl/N-ethyl adjacent to an activating group) is 1. The molecule has 1 saturated heterocycles. The van der Waals surface area contributed by atoms with Crippen LogP contribution in [0, 0.1) is 6.92 Å². The van der Waals surface area contributed by atoms with E-state index in [1.807, 2.05) is 0 Å². The van der Waals surface area contributed by atoms with E-state index < -0.39 is 15.8 Å². The number of amides is 1. The second kappa shape index (κ2) is 7.57. The van der Waals surface area contributed by atoms with E-state index in [-0.39, 0.29) is 35.2 Å². The third kappa shape index (κ3) is 4.82. The van der Waals surface area contributed by atoms with Gasteiger partial charge in [-0.15, -0.1) is 0 Å². The Kier molecular flexibility index (Phi) is 5.89. The number of hydrogen-bond acceptors (Lipinski definition) is 6. The number of carbonyl (C=O) groups is 2. The first-order chi connectivity index (χ1) is 11.6. The standard InChI is InChI=1S/C15H20ClN3O5S/c1-10-12(4-5-14(21)24-8-13(20)18(2)3)15(16)19(17-10)11-6-7-25(22,23)9-11/h4-5,11H,6-9H2,1-3H3. The highest BCUT2D eigenvalue weighted by Gasteiger charge is 2.31. The van der Waals surface area contributed by atoms with Gasteiger partial charge in [-0.2, -0.15) is 5.10 Å². The van der Waals surface area contributed by atoms with Crippen molar-refractivity contribution in [1.82, 2.24) is 14.7 Å². The highest BCUT2D eigenvalue weighted by atomic mass is 35.5. The molecule has 0 N–H and O–H groups in total. The molecule has 1 unspecified atom stereocenters. The van der Waals surface area contributed by atoms with Gasteiger partial charge in [-0.05, 0) is 19.4 Å². The van der Waals surface area contributed by atoms with Crippen molar-refractivity contribution in [3.63, 3.8) is 0 Å². The summed E-state index contributed by atoms with van der Waals surface area (Å²) in [5.41, 5.74) is 1.09. The van der Waals surface area contributed by atoms with Crippen LogP contribution in [0.25, 0.3) is 6.08 Å². The number of aromatic nitrogens is 2. The highest BCUT2D eigenvalue weighted by Crippen LogP contribution is 2.30. The zero-order chi connectivity index (χ0) is 18.8. The summed E-state index contributed by atoms with van der Waals surface area (Å²) in [6.07, 6.45) is 3.07. The third-order valence-electron chi connectivity index (χ3n) is 3.85. The fraction of sp³-hybridized carbons (Fsp3) is 0.533. The summed E-state index contributed by atoms with van der Waals surface area (Å²) in [5, 5.41) is 4.56. The van der Waals surface area contributed by atoms with Crippen LogP contribution in [0.4, 0.5) is 0 Å². The predicted molar refractivity (Wildman–Crippen MR) is 93.0 cm³/mol. The Hall–Kier alpha value is -1.87. The molecule has 1 atom stereocenters. The second-order valence-electron chi connectivity index (χ2n) is 6.02. The van der Waals surface area contributed by atoms with Crippen molar-refractivity contribution in [3.05, 3.63) is 22.5 Å². The van der Waals surface area contributed by atoms with Crippen LogP contribution in [-0.2, 0) is 24.2 Å². The van der Waals surface area contributed by atoms with Gasteiger partial charge >= 0.3 is 5.97 Å².